The smallest absolute Gasteiger partial charge is 0.241 e. The number of nitrogens with zero attached hydrogens (tertiary/aromatic N) is 2. The summed E-state index contributed by atoms with van der Waals surface area (Å²) in [6.45, 7) is 1.42. The lowest BCUT2D eigenvalue weighted by molar-refractivity contribution is -0.133. The normalized spacial score (nSPS) is 22.1. The summed E-state index contributed by atoms with van der Waals surface area (Å²) in [6, 6.07) is 20.4. The van der Waals surface area contributed by atoms with E-state index in [-0.39, 0.29) is 22.6 Å². The van der Waals surface area contributed by atoms with Crippen molar-refractivity contribution in [3.05, 3.63) is 101 Å². The quantitative estimate of drug-likeness (QED) is 0.525. The molecule has 0 bridgehead atoms. The minimum Gasteiger partial charge on any atom is -0.485 e. The van der Waals surface area contributed by atoms with Crippen LogP contribution in [0.3, 0.4) is 0 Å². The van der Waals surface area contributed by atoms with E-state index in [2.05, 4.69) is 5.10 Å². The lowest BCUT2D eigenvalue weighted by Crippen LogP contribution is -2.44. The first-order valence-electron chi connectivity index (χ1n) is 9.83. The summed E-state index contributed by atoms with van der Waals surface area (Å²) >= 11 is 1.26. The molecule has 0 N–H and O–H groups in total. The van der Waals surface area contributed by atoms with Gasteiger partial charge in [-0.3, -0.25) is 4.79 Å². The van der Waals surface area contributed by atoms with Crippen molar-refractivity contribution in [3.8, 4) is 5.75 Å². The summed E-state index contributed by atoms with van der Waals surface area (Å²) in [7, 11) is 0. The second kappa shape index (κ2) is 7.50. The summed E-state index contributed by atoms with van der Waals surface area (Å²) in [5, 5.41) is 6.11. The number of hydrogen-bond donors (Lipinski definition) is 0. The molecule has 4 nitrogen and oxygen atoms in total. The Kier molecular flexibility index (Phi) is 4.78. The fourth-order valence-electron chi connectivity index (χ4n) is 4.09. The van der Waals surface area contributed by atoms with Crippen LogP contribution in [0.2, 0.25) is 0 Å². The van der Waals surface area contributed by atoms with Gasteiger partial charge in [0.25, 0.3) is 0 Å². The van der Waals surface area contributed by atoms with Gasteiger partial charge in [0, 0.05) is 24.5 Å². The average molecular weight is 436 g/mol. The fraction of sp³-hybridized carbons (Fsp3) is 0.167. The molecule has 0 fully saturated rings. The highest BCUT2D eigenvalue weighted by molar-refractivity contribution is 8.15. The first kappa shape index (κ1) is 19.8. The number of carbonyl (C=O) groups excluding carboxylic acids is 1. The van der Waals surface area contributed by atoms with E-state index in [1.165, 1.54) is 23.7 Å². The van der Waals surface area contributed by atoms with Crippen molar-refractivity contribution in [3.63, 3.8) is 0 Å². The molecule has 7 heteroatoms. The summed E-state index contributed by atoms with van der Waals surface area (Å²) in [5.74, 6) is -0.807. The summed E-state index contributed by atoms with van der Waals surface area (Å²) in [6.07, 6.45) is 0.0692. The third-order valence-corrected chi connectivity index (χ3v) is 6.86. The molecule has 1 unspecified atom stereocenters. The molecule has 2 aliphatic rings. The van der Waals surface area contributed by atoms with Crippen molar-refractivity contribution >= 4 is 22.7 Å². The van der Waals surface area contributed by atoms with Crippen LogP contribution in [-0.4, -0.2) is 16.0 Å². The number of thioether (sulfide) groups is 1. The largest absolute Gasteiger partial charge is 0.485 e. The molecular weight excluding hydrogens is 418 g/mol. The van der Waals surface area contributed by atoms with E-state index in [9.17, 15) is 13.6 Å². The molecule has 2 heterocycles. The van der Waals surface area contributed by atoms with Crippen LogP contribution in [0.4, 0.5) is 8.78 Å². The van der Waals surface area contributed by atoms with Crippen molar-refractivity contribution in [1.82, 2.24) is 5.01 Å². The monoisotopic (exact) mass is 436 g/mol. The van der Waals surface area contributed by atoms with Gasteiger partial charge in [-0.2, -0.15) is 5.10 Å². The maximum atomic E-state index is 14.6. The molecule has 31 heavy (non-hydrogen) atoms. The molecule has 2 aliphatic heterocycles. The van der Waals surface area contributed by atoms with Gasteiger partial charge in [-0.15, -0.1) is 0 Å². The number of rotatable bonds is 2. The molecule has 3 aromatic rings. The van der Waals surface area contributed by atoms with E-state index in [0.717, 1.165) is 29.3 Å². The van der Waals surface area contributed by atoms with Crippen LogP contribution in [0.5, 0.6) is 5.75 Å². The molecule has 0 aromatic heterocycles. The van der Waals surface area contributed by atoms with Crippen LogP contribution in [0.25, 0.3) is 0 Å². The molecule has 3 aromatic carbocycles. The predicted octanol–water partition coefficient (Wildman–Crippen LogP) is 5.60. The number of benzene rings is 3. The van der Waals surface area contributed by atoms with E-state index in [4.69, 9.17) is 4.74 Å². The highest BCUT2D eigenvalue weighted by Gasteiger charge is 2.53. The highest BCUT2D eigenvalue weighted by atomic mass is 32.2. The topological polar surface area (TPSA) is 41.9 Å². The number of ether oxygens (including phenoxy) is 1. The van der Waals surface area contributed by atoms with Gasteiger partial charge < -0.3 is 4.74 Å². The minimum absolute atomic E-state index is 0.0355. The molecule has 1 spiro atoms. The molecular formula is C24H18F2N2O2S. The van der Waals surface area contributed by atoms with E-state index < -0.39 is 16.5 Å². The molecule has 1 amide bonds. The number of halogens is 2. The summed E-state index contributed by atoms with van der Waals surface area (Å²) in [4.78, 5) is 11.8. The van der Waals surface area contributed by atoms with E-state index in [0.29, 0.717) is 12.2 Å². The molecule has 156 valence electrons. The number of hydrogen-bond acceptors (Lipinski definition) is 4. The fourth-order valence-corrected chi connectivity index (χ4v) is 5.57. The third-order valence-electron chi connectivity index (χ3n) is 5.47. The highest BCUT2D eigenvalue weighted by Crippen LogP contribution is 2.57. The minimum atomic E-state index is -0.935. The van der Waals surface area contributed by atoms with Gasteiger partial charge in [-0.25, -0.2) is 13.8 Å². The Labute approximate surface area is 182 Å². The molecule has 0 saturated carbocycles. The van der Waals surface area contributed by atoms with Crippen LogP contribution in [0, 0.1) is 11.6 Å². The number of para-hydroxylation sites is 1. The number of fused-ring (bicyclic) bond motifs is 2. The van der Waals surface area contributed by atoms with Gasteiger partial charge in [-0.05, 0) is 29.8 Å². The van der Waals surface area contributed by atoms with Crippen molar-refractivity contribution in [1.29, 1.82) is 0 Å². The third kappa shape index (κ3) is 3.29. The first-order valence-corrected chi connectivity index (χ1v) is 10.6. The zero-order valence-electron chi connectivity index (χ0n) is 16.6. The maximum absolute atomic E-state index is 14.6. The molecule has 0 saturated heterocycles. The van der Waals surface area contributed by atoms with Gasteiger partial charge in [0.05, 0.1) is 0 Å². The molecule has 2 atom stereocenters. The van der Waals surface area contributed by atoms with Crippen molar-refractivity contribution in [2.24, 2.45) is 5.10 Å². The maximum Gasteiger partial charge on any atom is 0.241 e. The lowest BCUT2D eigenvalue weighted by Gasteiger charge is -2.42. The van der Waals surface area contributed by atoms with Crippen LogP contribution in [-0.2, 0) is 9.67 Å². The van der Waals surface area contributed by atoms with Crippen molar-refractivity contribution < 1.29 is 18.3 Å². The molecule has 5 rings (SSSR count). The Morgan fingerprint density at radius 2 is 1.84 bits per heavy atom. The lowest BCUT2D eigenvalue weighted by atomic mass is 9.91. The van der Waals surface area contributed by atoms with Gasteiger partial charge >= 0.3 is 0 Å². The van der Waals surface area contributed by atoms with Crippen molar-refractivity contribution in [2.45, 2.75) is 24.3 Å². The van der Waals surface area contributed by atoms with E-state index >= 15 is 0 Å². The average Bonchev–Trinajstić information content (AvgIpc) is 3.16. The Morgan fingerprint density at radius 1 is 1.10 bits per heavy atom. The summed E-state index contributed by atoms with van der Waals surface area (Å²) in [5.41, 5.74) is 1.78. The van der Waals surface area contributed by atoms with Gasteiger partial charge in [0.1, 0.15) is 33.4 Å². The predicted molar refractivity (Wildman–Crippen MR) is 116 cm³/mol. The number of amides is 1. The van der Waals surface area contributed by atoms with Crippen molar-refractivity contribution in [2.75, 3.05) is 0 Å². The van der Waals surface area contributed by atoms with Gasteiger partial charge in [-0.1, -0.05) is 60.3 Å². The zero-order valence-corrected chi connectivity index (χ0v) is 17.4. The second-order valence-corrected chi connectivity index (χ2v) is 8.73. The van der Waals surface area contributed by atoms with Crippen LogP contribution < -0.4 is 4.74 Å². The van der Waals surface area contributed by atoms with Gasteiger partial charge in [0.2, 0.25) is 5.91 Å². The summed E-state index contributed by atoms with van der Waals surface area (Å²) < 4.78 is 34.7. The molecule has 0 aliphatic carbocycles. The van der Waals surface area contributed by atoms with E-state index in [1.807, 2.05) is 54.6 Å². The van der Waals surface area contributed by atoms with Crippen LogP contribution >= 0.6 is 11.8 Å². The van der Waals surface area contributed by atoms with E-state index in [1.54, 1.807) is 0 Å². The Balaban J connectivity index is 1.65. The van der Waals surface area contributed by atoms with Gasteiger partial charge in [0.15, 0.2) is 0 Å². The number of carbonyl (C=O) groups is 1. The van der Waals surface area contributed by atoms with Crippen LogP contribution in [0.1, 0.15) is 36.1 Å². The number of hydrazone groups is 1. The SMILES string of the molecule is CC(=O)N1N=C(c2cc(F)ccc2F)S[C@]12CC(c1ccccc1)Oc1ccccc12. The van der Waals surface area contributed by atoms with Crippen LogP contribution in [0.15, 0.2) is 77.9 Å². The second-order valence-electron chi connectivity index (χ2n) is 7.46. The standard InChI is InChI=1S/C24H18F2N2O2S/c1-15(29)28-24(31-23(27-28)18-13-17(25)11-12-20(18)26)14-22(16-7-3-2-4-8-16)30-21-10-6-5-9-19(21)24/h2-13,22H,14H2,1H3/t22?,24-/m0/s1. The Hall–Kier alpha value is -3.19. The zero-order chi connectivity index (χ0) is 21.6. The first-order chi connectivity index (χ1) is 15.0. The Bertz CT molecular complexity index is 1200. The Morgan fingerprint density at radius 3 is 2.61 bits per heavy atom. The molecule has 0 radical (unpaired) electrons.